The van der Waals surface area contributed by atoms with Crippen LogP contribution in [0.4, 0.5) is 11.4 Å². The van der Waals surface area contributed by atoms with E-state index < -0.39 is 5.56 Å². The number of benzene rings is 2. The van der Waals surface area contributed by atoms with Crippen molar-refractivity contribution >= 4 is 17.3 Å². The molecule has 2 aromatic carbocycles. The minimum absolute atomic E-state index is 0.160. The summed E-state index contributed by atoms with van der Waals surface area (Å²) in [5, 5.41) is 10.9. The summed E-state index contributed by atoms with van der Waals surface area (Å²) in [6.07, 6.45) is 0. The fourth-order valence-electron chi connectivity index (χ4n) is 2.89. The third-order valence-electron chi connectivity index (χ3n) is 4.50. The van der Waals surface area contributed by atoms with E-state index in [2.05, 4.69) is 20.6 Å². The Morgan fingerprint density at radius 3 is 2.48 bits per heavy atom. The standard InChI is InChI=1S/C22H20N6O3/c1-27(2)17-10-8-16(9-11-17)23-19(29)14-28-20(30)13-12-18(25-28)22-24-21(26-31-22)15-6-4-3-5-7-15/h3-13H,14H2,1-2H3,(H,23,29). The van der Waals surface area contributed by atoms with Crippen molar-refractivity contribution in [2.24, 2.45) is 0 Å². The number of carbonyl (C=O) groups is 1. The average molecular weight is 416 g/mol. The molecule has 0 bridgehead atoms. The molecular weight excluding hydrogens is 396 g/mol. The van der Waals surface area contributed by atoms with Crippen LogP contribution in [-0.2, 0) is 11.3 Å². The van der Waals surface area contributed by atoms with E-state index in [9.17, 15) is 9.59 Å². The monoisotopic (exact) mass is 416 g/mol. The summed E-state index contributed by atoms with van der Waals surface area (Å²) in [7, 11) is 3.87. The number of anilines is 2. The molecule has 4 aromatic rings. The van der Waals surface area contributed by atoms with E-state index in [-0.39, 0.29) is 18.3 Å². The first kappa shape index (κ1) is 20.0. The Morgan fingerprint density at radius 1 is 1.03 bits per heavy atom. The van der Waals surface area contributed by atoms with Crippen LogP contribution in [0.15, 0.2) is 76.0 Å². The van der Waals surface area contributed by atoms with Gasteiger partial charge in [0.2, 0.25) is 11.7 Å². The maximum Gasteiger partial charge on any atom is 0.278 e. The van der Waals surface area contributed by atoms with Crippen LogP contribution in [0.1, 0.15) is 0 Å². The molecule has 4 rings (SSSR count). The first-order valence-corrected chi connectivity index (χ1v) is 9.54. The third kappa shape index (κ3) is 4.67. The Kier molecular flexibility index (Phi) is 5.57. The topological polar surface area (TPSA) is 106 Å². The minimum Gasteiger partial charge on any atom is -0.378 e. The molecule has 0 fully saturated rings. The maximum absolute atomic E-state index is 12.4. The average Bonchev–Trinajstić information content (AvgIpc) is 3.26. The Morgan fingerprint density at radius 2 is 1.77 bits per heavy atom. The Bertz CT molecular complexity index is 1250. The lowest BCUT2D eigenvalue weighted by atomic mass is 10.2. The highest BCUT2D eigenvalue weighted by molar-refractivity contribution is 5.90. The largest absolute Gasteiger partial charge is 0.378 e. The molecule has 2 aromatic heterocycles. The van der Waals surface area contributed by atoms with Crippen LogP contribution in [0.5, 0.6) is 0 Å². The van der Waals surface area contributed by atoms with Gasteiger partial charge in [0.25, 0.3) is 11.4 Å². The lowest BCUT2D eigenvalue weighted by Crippen LogP contribution is -2.29. The van der Waals surface area contributed by atoms with Gasteiger partial charge in [-0.3, -0.25) is 9.59 Å². The van der Waals surface area contributed by atoms with E-state index in [1.165, 1.54) is 12.1 Å². The quantitative estimate of drug-likeness (QED) is 0.515. The van der Waals surface area contributed by atoms with E-state index in [0.29, 0.717) is 17.2 Å². The zero-order valence-corrected chi connectivity index (χ0v) is 17.0. The molecule has 0 aliphatic rings. The fraction of sp³-hybridized carbons (Fsp3) is 0.136. The van der Waals surface area contributed by atoms with Gasteiger partial charge in [0.15, 0.2) is 0 Å². The predicted octanol–water partition coefficient (Wildman–Crippen LogP) is 2.67. The third-order valence-corrected chi connectivity index (χ3v) is 4.50. The highest BCUT2D eigenvalue weighted by Gasteiger charge is 2.14. The summed E-state index contributed by atoms with van der Waals surface area (Å²) in [5.41, 5.74) is 2.33. The van der Waals surface area contributed by atoms with Crippen molar-refractivity contribution < 1.29 is 9.32 Å². The van der Waals surface area contributed by atoms with Crippen LogP contribution >= 0.6 is 0 Å². The molecule has 9 nitrogen and oxygen atoms in total. The summed E-state index contributed by atoms with van der Waals surface area (Å²) in [5.74, 6) is 0.196. The van der Waals surface area contributed by atoms with Gasteiger partial charge in [-0.25, -0.2) is 4.68 Å². The van der Waals surface area contributed by atoms with Gasteiger partial charge in [0.05, 0.1) is 0 Å². The van der Waals surface area contributed by atoms with Crippen LogP contribution in [0, 0.1) is 0 Å². The molecule has 9 heteroatoms. The second kappa shape index (κ2) is 8.62. The van der Waals surface area contributed by atoms with Gasteiger partial charge >= 0.3 is 0 Å². The summed E-state index contributed by atoms with van der Waals surface area (Å²) in [4.78, 5) is 30.9. The van der Waals surface area contributed by atoms with Crippen molar-refractivity contribution in [2.75, 3.05) is 24.3 Å². The molecular formula is C22H20N6O3. The highest BCUT2D eigenvalue weighted by Crippen LogP contribution is 2.20. The summed E-state index contributed by atoms with van der Waals surface area (Å²) >= 11 is 0. The molecule has 1 amide bonds. The molecule has 0 aliphatic heterocycles. The second-order valence-electron chi connectivity index (χ2n) is 6.99. The molecule has 0 aliphatic carbocycles. The zero-order chi connectivity index (χ0) is 21.8. The van der Waals surface area contributed by atoms with Crippen molar-refractivity contribution in [2.45, 2.75) is 6.54 Å². The van der Waals surface area contributed by atoms with Crippen LogP contribution < -0.4 is 15.8 Å². The van der Waals surface area contributed by atoms with Gasteiger partial charge in [-0.15, -0.1) is 0 Å². The number of aromatic nitrogens is 4. The van der Waals surface area contributed by atoms with Crippen LogP contribution in [0.2, 0.25) is 0 Å². The molecule has 156 valence electrons. The number of nitrogens with one attached hydrogen (secondary N) is 1. The van der Waals surface area contributed by atoms with Gasteiger partial charge in [-0.05, 0) is 30.3 Å². The van der Waals surface area contributed by atoms with Gasteiger partial charge in [0.1, 0.15) is 12.2 Å². The Labute approximate surface area is 177 Å². The number of nitrogens with zero attached hydrogens (tertiary/aromatic N) is 5. The normalized spacial score (nSPS) is 10.6. The van der Waals surface area contributed by atoms with E-state index in [0.717, 1.165) is 15.9 Å². The van der Waals surface area contributed by atoms with Gasteiger partial charge in [-0.1, -0.05) is 35.5 Å². The SMILES string of the molecule is CN(C)c1ccc(NC(=O)Cn2nc(-c3nc(-c4ccccc4)no3)ccc2=O)cc1. The number of amides is 1. The number of hydrogen-bond donors (Lipinski definition) is 1. The molecule has 0 radical (unpaired) electrons. The summed E-state index contributed by atoms with van der Waals surface area (Å²) in [6.45, 7) is -0.248. The van der Waals surface area contributed by atoms with E-state index in [1.54, 1.807) is 12.1 Å². The number of rotatable bonds is 6. The van der Waals surface area contributed by atoms with Crippen molar-refractivity contribution in [3.8, 4) is 23.0 Å². The Hall–Kier alpha value is -4.27. The van der Waals surface area contributed by atoms with E-state index in [1.807, 2.05) is 61.5 Å². The minimum atomic E-state index is -0.412. The molecule has 1 N–H and O–H groups in total. The summed E-state index contributed by atoms with van der Waals surface area (Å²) < 4.78 is 6.35. The maximum atomic E-state index is 12.4. The smallest absolute Gasteiger partial charge is 0.278 e. The lowest BCUT2D eigenvalue weighted by Gasteiger charge is -2.13. The highest BCUT2D eigenvalue weighted by atomic mass is 16.5. The first-order chi connectivity index (χ1) is 15.0. The number of hydrogen-bond acceptors (Lipinski definition) is 7. The van der Waals surface area contributed by atoms with Crippen LogP contribution in [0.25, 0.3) is 23.0 Å². The fourth-order valence-corrected chi connectivity index (χ4v) is 2.89. The number of carbonyl (C=O) groups excluding carboxylic acids is 1. The molecule has 0 saturated heterocycles. The van der Waals surface area contributed by atoms with Crippen molar-refractivity contribution in [3.63, 3.8) is 0 Å². The van der Waals surface area contributed by atoms with Gasteiger partial charge in [-0.2, -0.15) is 10.1 Å². The summed E-state index contributed by atoms with van der Waals surface area (Å²) in [6, 6.07) is 19.5. The first-order valence-electron chi connectivity index (χ1n) is 9.54. The van der Waals surface area contributed by atoms with Gasteiger partial charge in [0, 0.05) is 37.1 Å². The van der Waals surface area contributed by atoms with E-state index in [4.69, 9.17) is 4.52 Å². The lowest BCUT2D eigenvalue weighted by molar-refractivity contribution is -0.117. The molecule has 31 heavy (non-hydrogen) atoms. The van der Waals surface area contributed by atoms with Crippen molar-refractivity contribution in [1.29, 1.82) is 0 Å². The van der Waals surface area contributed by atoms with Crippen molar-refractivity contribution in [1.82, 2.24) is 19.9 Å². The molecule has 2 heterocycles. The Balaban J connectivity index is 1.50. The second-order valence-corrected chi connectivity index (χ2v) is 6.99. The molecule has 0 saturated carbocycles. The van der Waals surface area contributed by atoms with Crippen LogP contribution in [-0.4, -0.2) is 39.9 Å². The van der Waals surface area contributed by atoms with Crippen LogP contribution in [0.3, 0.4) is 0 Å². The van der Waals surface area contributed by atoms with E-state index >= 15 is 0 Å². The predicted molar refractivity (Wildman–Crippen MR) is 117 cm³/mol. The molecule has 0 unspecified atom stereocenters. The van der Waals surface area contributed by atoms with Gasteiger partial charge < -0.3 is 14.7 Å². The van der Waals surface area contributed by atoms with Crippen molar-refractivity contribution in [3.05, 3.63) is 77.1 Å². The zero-order valence-electron chi connectivity index (χ0n) is 17.0. The molecule has 0 atom stereocenters. The molecule has 0 spiro atoms.